The SMILES string of the molecule is COc1ccc(CO)c(OCC(N)=O)c1. The van der Waals surface area contributed by atoms with Gasteiger partial charge in [0.05, 0.1) is 13.7 Å². The molecule has 1 aromatic carbocycles. The Hall–Kier alpha value is -1.75. The van der Waals surface area contributed by atoms with Gasteiger partial charge in [0, 0.05) is 11.6 Å². The average Bonchev–Trinajstić information content (AvgIpc) is 2.25. The number of primary amides is 1. The highest BCUT2D eigenvalue weighted by Gasteiger charge is 2.06. The van der Waals surface area contributed by atoms with Crippen LogP contribution in [0.3, 0.4) is 0 Å². The van der Waals surface area contributed by atoms with E-state index in [2.05, 4.69) is 0 Å². The largest absolute Gasteiger partial charge is 0.497 e. The van der Waals surface area contributed by atoms with Crippen LogP contribution in [0.1, 0.15) is 5.56 Å². The van der Waals surface area contributed by atoms with Crippen LogP contribution in [0.15, 0.2) is 18.2 Å². The zero-order chi connectivity index (χ0) is 11.3. The minimum absolute atomic E-state index is 0.169. The number of hydrogen-bond donors (Lipinski definition) is 2. The summed E-state index contributed by atoms with van der Waals surface area (Å²) >= 11 is 0. The summed E-state index contributed by atoms with van der Waals surface area (Å²) in [4.78, 5) is 10.5. The standard InChI is InChI=1S/C10H13NO4/c1-14-8-3-2-7(5-12)9(4-8)15-6-10(11)13/h2-4,12H,5-6H2,1H3,(H2,11,13). The number of hydrogen-bond acceptors (Lipinski definition) is 4. The molecule has 0 spiro atoms. The van der Waals surface area contributed by atoms with Gasteiger partial charge in [0.25, 0.3) is 5.91 Å². The zero-order valence-corrected chi connectivity index (χ0v) is 8.40. The average molecular weight is 211 g/mol. The van der Waals surface area contributed by atoms with Gasteiger partial charge in [0.15, 0.2) is 6.61 Å². The Morgan fingerprint density at radius 3 is 2.80 bits per heavy atom. The predicted octanol–water partition coefficient (Wildman–Crippen LogP) is 0.0516. The van der Waals surface area contributed by atoms with E-state index in [1.165, 1.54) is 7.11 Å². The minimum atomic E-state index is -0.568. The molecule has 1 aromatic rings. The van der Waals surface area contributed by atoms with Crippen molar-refractivity contribution in [2.75, 3.05) is 13.7 Å². The summed E-state index contributed by atoms with van der Waals surface area (Å²) in [5, 5.41) is 9.01. The van der Waals surface area contributed by atoms with E-state index in [9.17, 15) is 4.79 Å². The van der Waals surface area contributed by atoms with E-state index in [1.54, 1.807) is 18.2 Å². The van der Waals surface area contributed by atoms with Crippen LogP contribution in [0.5, 0.6) is 11.5 Å². The number of carbonyl (C=O) groups excluding carboxylic acids is 1. The van der Waals surface area contributed by atoms with Crippen molar-refractivity contribution in [3.8, 4) is 11.5 Å². The van der Waals surface area contributed by atoms with E-state index in [0.717, 1.165) is 0 Å². The number of benzene rings is 1. The first kappa shape index (κ1) is 11.3. The molecule has 0 saturated carbocycles. The van der Waals surface area contributed by atoms with Crippen LogP contribution in [0.4, 0.5) is 0 Å². The van der Waals surface area contributed by atoms with Gasteiger partial charge in [0.1, 0.15) is 11.5 Å². The third-order valence-electron chi connectivity index (χ3n) is 1.81. The van der Waals surface area contributed by atoms with Gasteiger partial charge < -0.3 is 20.3 Å². The summed E-state index contributed by atoms with van der Waals surface area (Å²) in [5.74, 6) is 0.420. The fraction of sp³-hybridized carbons (Fsp3) is 0.300. The Kier molecular flexibility index (Phi) is 3.93. The Morgan fingerprint density at radius 1 is 1.53 bits per heavy atom. The number of rotatable bonds is 5. The molecule has 1 amide bonds. The Labute approximate surface area is 87.4 Å². The van der Waals surface area contributed by atoms with Gasteiger partial charge in [-0.15, -0.1) is 0 Å². The first-order valence-electron chi connectivity index (χ1n) is 4.36. The highest BCUT2D eigenvalue weighted by atomic mass is 16.5. The monoisotopic (exact) mass is 211 g/mol. The number of nitrogens with two attached hydrogens (primary N) is 1. The molecule has 0 radical (unpaired) electrons. The number of methoxy groups -OCH3 is 1. The normalized spacial score (nSPS) is 9.73. The van der Waals surface area contributed by atoms with Gasteiger partial charge in [-0.2, -0.15) is 0 Å². The second kappa shape index (κ2) is 5.21. The van der Waals surface area contributed by atoms with Crippen molar-refractivity contribution < 1.29 is 19.4 Å². The Morgan fingerprint density at radius 2 is 2.27 bits per heavy atom. The molecule has 1 rings (SSSR count). The van der Waals surface area contributed by atoms with Crippen LogP contribution in [-0.4, -0.2) is 24.7 Å². The topological polar surface area (TPSA) is 81.8 Å². The highest BCUT2D eigenvalue weighted by molar-refractivity contribution is 5.75. The molecule has 3 N–H and O–H groups in total. The molecule has 0 atom stereocenters. The number of ether oxygens (including phenoxy) is 2. The molecule has 0 unspecified atom stereocenters. The maximum absolute atomic E-state index is 10.5. The fourth-order valence-corrected chi connectivity index (χ4v) is 1.08. The maximum atomic E-state index is 10.5. The molecule has 82 valence electrons. The van der Waals surface area contributed by atoms with Crippen molar-refractivity contribution in [3.63, 3.8) is 0 Å². The molecule has 0 aliphatic carbocycles. The molecule has 0 saturated heterocycles. The third-order valence-corrected chi connectivity index (χ3v) is 1.81. The highest BCUT2D eigenvalue weighted by Crippen LogP contribution is 2.24. The summed E-state index contributed by atoms with van der Waals surface area (Å²) in [7, 11) is 1.52. The van der Waals surface area contributed by atoms with E-state index in [4.69, 9.17) is 20.3 Å². The molecule has 5 heteroatoms. The number of aliphatic hydroxyl groups is 1. The minimum Gasteiger partial charge on any atom is -0.497 e. The van der Waals surface area contributed by atoms with Crippen molar-refractivity contribution in [2.45, 2.75) is 6.61 Å². The molecule has 0 aliphatic rings. The van der Waals surface area contributed by atoms with E-state index >= 15 is 0 Å². The summed E-state index contributed by atoms with van der Waals surface area (Å²) in [6.45, 7) is -0.391. The quantitative estimate of drug-likeness (QED) is 0.721. The first-order valence-corrected chi connectivity index (χ1v) is 4.36. The number of aliphatic hydroxyl groups excluding tert-OH is 1. The van der Waals surface area contributed by atoms with Crippen LogP contribution in [0, 0.1) is 0 Å². The molecule has 15 heavy (non-hydrogen) atoms. The lowest BCUT2D eigenvalue weighted by Crippen LogP contribution is -2.20. The van der Waals surface area contributed by atoms with Gasteiger partial charge >= 0.3 is 0 Å². The smallest absolute Gasteiger partial charge is 0.255 e. The number of carbonyl (C=O) groups is 1. The lowest BCUT2D eigenvalue weighted by Gasteiger charge is -2.10. The summed E-state index contributed by atoms with van der Waals surface area (Å²) in [6.07, 6.45) is 0. The van der Waals surface area contributed by atoms with Gasteiger partial charge in [-0.1, -0.05) is 0 Å². The second-order valence-corrected chi connectivity index (χ2v) is 2.89. The van der Waals surface area contributed by atoms with E-state index < -0.39 is 5.91 Å². The van der Waals surface area contributed by atoms with Crippen LogP contribution in [0.2, 0.25) is 0 Å². The van der Waals surface area contributed by atoms with E-state index in [1.807, 2.05) is 0 Å². The fourth-order valence-electron chi connectivity index (χ4n) is 1.08. The first-order chi connectivity index (χ1) is 7.17. The third kappa shape index (κ3) is 3.14. The lowest BCUT2D eigenvalue weighted by molar-refractivity contribution is -0.119. The summed E-state index contributed by atoms with van der Waals surface area (Å²) in [5.41, 5.74) is 5.53. The van der Waals surface area contributed by atoms with Crippen molar-refractivity contribution in [2.24, 2.45) is 5.73 Å². The van der Waals surface area contributed by atoms with Gasteiger partial charge in [0.2, 0.25) is 0 Å². The van der Waals surface area contributed by atoms with Crippen LogP contribution in [-0.2, 0) is 11.4 Å². The van der Waals surface area contributed by atoms with Crippen LogP contribution < -0.4 is 15.2 Å². The molecule has 0 fully saturated rings. The predicted molar refractivity (Wildman–Crippen MR) is 53.6 cm³/mol. The molecule has 0 heterocycles. The zero-order valence-electron chi connectivity index (χ0n) is 8.40. The van der Waals surface area contributed by atoms with Crippen LogP contribution in [0.25, 0.3) is 0 Å². The molecule has 0 aliphatic heterocycles. The Bertz CT molecular complexity index is 351. The summed E-state index contributed by atoms with van der Waals surface area (Å²) < 4.78 is 10.1. The Balaban J connectivity index is 2.85. The van der Waals surface area contributed by atoms with Crippen LogP contribution >= 0.6 is 0 Å². The van der Waals surface area contributed by atoms with Crippen molar-refractivity contribution in [3.05, 3.63) is 23.8 Å². The van der Waals surface area contributed by atoms with E-state index in [0.29, 0.717) is 17.1 Å². The molecule has 0 aromatic heterocycles. The van der Waals surface area contributed by atoms with Crippen molar-refractivity contribution in [1.82, 2.24) is 0 Å². The van der Waals surface area contributed by atoms with Gasteiger partial charge in [-0.3, -0.25) is 4.79 Å². The van der Waals surface area contributed by atoms with Gasteiger partial charge in [-0.25, -0.2) is 0 Å². The summed E-state index contributed by atoms with van der Waals surface area (Å²) in [6, 6.07) is 4.95. The second-order valence-electron chi connectivity index (χ2n) is 2.89. The van der Waals surface area contributed by atoms with Gasteiger partial charge in [-0.05, 0) is 12.1 Å². The van der Waals surface area contributed by atoms with E-state index in [-0.39, 0.29) is 13.2 Å². The maximum Gasteiger partial charge on any atom is 0.255 e. The number of amides is 1. The molecular formula is C10H13NO4. The molecule has 5 nitrogen and oxygen atoms in total. The molecular weight excluding hydrogens is 198 g/mol. The van der Waals surface area contributed by atoms with Crippen molar-refractivity contribution >= 4 is 5.91 Å². The van der Waals surface area contributed by atoms with Crippen molar-refractivity contribution in [1.29, 1.82) is 0 Å². The molecule has 0 bridgehead atoms. The lowest BCUT2D eigenvalue weighted by atomic mass is 10.2.